The van der Waals surface area contributed by atoms with Gasteiger partial charge in [-0.15, -0.1) is 0 Å². The molecule has 1 aliphatic heterocycles. The van der Waals surface area contributed by atoms with Gasteiger partial charge in [-0.25, -0.2) is 0 Å². The minimum Gasteiger partial charge on any atom is -0.327 e. The van der Waals surface area contributed by atoms with E-state index in [1.165, 1.54) is 11.8 Å². The van der Waals surface area contributed by atoms with Crippen LogP contribution in [0.15, 0.2) is 48.2 Å². The molecular formula is C20H19N3O2S. The minimum absolute atomic E-state index is 0.127. The van der Waals surface area contributed by atoms with Crippen LogP contribution in [0.4, 0.5) is 11.4 Å². The van der Waals surface area contributed by atoms with Gasteiger partial charge in [0.1, 0.15) is 5.70 Å². The summed E-state index contributed by atoms with van der Waals surface area (Å²) in [5.74, 6) is -0.317. The first-order valence-corrected chi connectivity index (χ1v) is 8.58. The quantitative estimate of drug-likeness (QED) is 0.645. The Kier molecular flexibility index (Phi) is 4.86. The van der Waals surface area contributed by atoms with Gasteiger partial charge >= 0.3 is 0 Å². The SMILES string of the molecule is CC(=O)Nc1ccc(/C=C2\NC(=S)N(c3ccc(C)c(C)c3)C2=O)cc1. The van der Waals surface area contributed by atoms with E-state index in [1.807, 2.05) is 44.2 Å². The van der Waals surface area contributed by atoms with E-state index in [2.05, 4.69) is 10.6 Å². The largest absolute Gasteiger partial charge is 0.327 e. The molecule has 2 aromatic rings. The highest BCUT2D eigenvalue weighted by Crippen LogP contribution is 2.25. The molecule has 2 aromatic carbocycles. The highest BCUT2D eigenvalue weighted by molar-refractivity contribution is 7.80. The monoisotopic (exact) mass is 365 g/mol. The Morgan fingerprint density at radius 1 is 1.12 bits per heavy atom. The molecule has 1 aliphatic rings. The summed E-state index contributed by atoms with van der Waals surface area (Å²) >= 11 is 5.34. The van der Waals surface area contributed by atoms with Crippen molar-refractivity contribution in [1.82, 2.24) is 5.32 Å². The topological polar surface area (TPSA) is 61.4 Å². The first-order valence-electron chi connectivity index (χ1n) is 8.17. The molecule has 1 fully saturated rings. The highest BCUT2D eigenvalue weighted by Gasteiger charge is 2.32. The maximum atomic E-state index is 12.8. The molecule has 3 rings (SSSR count). The molecule has 0 radical (unpaired) electrons. The van der Waals surface area contributed by atoms with Crippen LogP contribution < -0.4 is 15.5 Å². The lowest BCUT2D eigenvalue weighted by Crippen LogP contribution is -2.30. The molecule has 0 atom stereocenters. The fourth-order valence-electron chi connectivity index (χ4n) is 2.67. The van der Waals surface area contributed by atoms with Crippen LogP contribution in [0.1, 0.15) is 23.6 Å². The number of rotatable bonds is 3. The van der Waals surface area contributed by atoms with E-state index >= 15 is 0 Å². The maximum absolute atomic E-state index is 12.8. The van der Waals surface area contributed by atoms with Gasteiger partial charge in [0.2, 0.25) is 5.91 Å². The number of amides is 2. The Morgan fingerprint density at radius 3 is 2.42 bits per heavy atom. The predicted octanol–water partition coefficient (Wildman–Crippen LogP) is 3.52. The average Bonchev–Trinajstić information content (AvgIpc) is 2.85. The molecule has 2 N–H and O–H groups in total. The molecule has 0 spiro atoms. The van der Waals surface area contributed by atoms with E-state index in [-0.39, 0.29) is 11.8 Å². The molecule has 1 saturated heterocycles. The lowest BCUT2D eigenvalue weighted by molar-refractivity contribution is -0.114. The van der Waals surface area contributed by atoms with Crippen molar-refractivity contribution in [2.24, 2.45) is 0 Å². The zero-order valence-electron chi connectivity index (χ0n) is 14.8. The Balaban J connectivity index is 1.85. The van der Waals surface area contributed by atoms with Gasteiger partial charge in [-0.05, 0) is 73.1 Å². The Bertz CT molecular complexity index is 933. The molecule has 0 bridgehead atoms. The number of aryl methyl sites for hydroxylation is 2. The standard InChI is InChI=1S/C20H19N3O2S/c1-12-4-9-17(10-13(12)2)23-19(25)18(22-20(23)26)11-15-5-7-16(8-6-15)21-14(3)24/h4-11H,1-3H3,(H,21,24)(H,22,26)/b18-11-. The van der Waals surface area contributed by atoms with Gasteiger partial charge in [0.15, 0.2) is 5.11 Å². The normalized spacial score (nSPS) is 15.3. The van der Waals surface area contributed by atoms with Crippen molar-refractivity contribution < 1.29 is 9.59 Å². The Hall–Kier alpha value is -2.99. The van der Waals surface area contributed by atoms with E-state index in [9.17, 15) is 9.59 Å². The third kappa shape index (κ3) is 3.65. The van der Waals surface area contributed by atoms with E-state index < -0.39 is 0 Å². The number of hydrogen-bond donors (Lipinski definition) is 2. The van der Waals surface area contributed by atoms with Gasteiger partial charge in [0.25, 0.3) is 5.91 Å². The van der Waals surface area contributed by atoms with Crippen LogP contribution in [0.2, 0.25) is 0 Å². The lowest BCUT2D eigenvalue weighted by atomic mass is 10.1. The third-order valence-corrected chi connectivity index (χ3v) is 4.45. The summed E-state index contributed by atoms with van der Waals surface area (Å²) in [6.07, 6.45) is 1.74. The molecule has 132 valence electrons. The van der Waals surface area contributed by atoms with Crippen LogP contribution in [-0.2, 0) is 9.59 Å². The molecule has 0 aromatic heterocycles. The van der Waals surface area contributed by atoms with Gasteiger partial charge in [-0.1, -0.05) is 18.2 Å². The molecule has 6 heteroatoms. The van der Waals surface area contributed by atoms with Crippen molar-refractivity contribution in [3.05, 3.63) is 64.9 Å². The van der Waals surface area contributed by atoms with E-state index in [4.69, 9.17) is 12.2 Å². The summed E-state index contributed by atoms with van der Waals surface area (Å²) in [6, 6.07) is 13.0. The predicted molar refractivity (Wildman–Crippen MR) is 108 cm³/mol. The summed E-state index contributed by atoms with van der Waals surface area (Å²) in [5, 5.41) is 6.05. The number of carbonyl (C=O) groups is 2. The summed E-state index contributed by atoms with van der Waals surface area (Å²) in [6.45, 7) is 5.49. The van der Waals surface area contributed by atoms with Crippen LogP contribution in [0.25, 0.3) is 6.08 Å². The minimum atomic E-state index is -0.191. The van der Waals surface area contributed by atoms with Gasteiger partial charge in [-0.2, -0.15) is 0 Å². The maximum Gasteiger partial charge on any atom is 0.281 e. The second-order valence-corrected chi connectivity index (χ2v) is 6.59. The number of carbonyl (C=O) groups excluding carboxylic acids is 2. The molecule has 0 saturated carbocycles. The first-order chi connectivity index (χ1) is 12.3. The van der Waals surface area contributed by atoms with Gasteiger partial charge in [0, 0.05) is 12.6 Å². The van der Waals surface area contributed by atoms with Crippen molar-refractivity contribution in [1.29, 1.82) is 0 Å². The summed E-state index contributed by atoms with van der Waals surface area (Å²) in [5.41, 5.74) is 4.97. The van der Waals surface area contributed by atoms with Gasteiger partial charge < -0.3 is 10.6 Å². The van der Waals surface area contributed by atoms with Crippen LogP contribution in [0.3, 0.4) is 0 Å². The first kappa shape index (κ1) is 17.8. The number of anilines is 2. The van der Waals surface area contributed by atoms with E-state index in [0.29, 0.717) is 16.5 Å². The summed E-state index contributed by atoms with van der Waals surface area (Å²) in [4.78, 5) is 25.4. The smallest absolute Gasteiger partial charge is 0.281 e. The fourth-order valence-corrected chi connectivity index (χ4v) is 2.97. The van der Waals surface area contributed by atoms with E-state index in [1.54, 1.807) is 18.2 Å². The number of nitrogens with zero attached hydrogens (tertiary/aromatic N) is 1. The average molecular weight is 365 g/mol. The van der Waals surface area contributed by atoms with Crippen LogP contribution in [-0.4, -0.2) is 16.9 Å². The zero-order valence-corrected chi connectivity index (χ0v) is 15.6. The molecule has 5 nitrogen and oxygen atoms in total. The molecule has 0 aliphatic carbocycles. The third-order valence-electron chi connectivity index (χ3n) is 4.17. The molecule has 2 amide bonds. The van der Waals surface area contributed by atoms with Gasteiger partial charge in [0.05, 0.1) is 5.69 Å². The second-order valence-electron chi connectivity index (χ2n) is 6.20. The summed E-state index contributed by atoms with van der Waals surface area (Å²) in [7, 11) is 0. The van der Waals surface area contributed by atoms with Crippen LogP contribution in [0.5, 0.6) is 0 Å². The molecule has 1 heterocycles. The van der Waals surface area contributed by atoms with Gasteiger partial charge in [-0.3, -0.25) is 14.5 Å². The van der Waals surface area contributed by atoms with Crippen molar-refractivity contribution in [2.45, 2.75) is 20.8 Å². The Labute approximate surface area is 157 Å². The van der Waals surface area contributed by atoms with Crippen molar-refractivity contribution >= 4 is 46.6 Å². The second kappa shape index (κ2) is 7.09. The number of thiocarbonyl (C=S) groups is 1. The highest BCUT2D eigenvalue weighted by atomic mass is 32.1. The van der Waals surface area contributed by atoms with Crippen LogP contribution >= 0.6 is 12.2 Å². The van der Waals surface area contributed by atoms with Crippen molar-refractivity contribution in [2.75, 3.05) is 10.2 Å². The molecular weight excluding hydrogens is 346 g/mol. The Morgan fingerprint density at radius 2 is 1.81 bits per heavy atom. The number of hydrogen-bond acceptors (Lipinski definition) is 3. The molecule has 26 heavy (non-hydrogen) atoms. The van der Waals surface area contributed by atoms with Crippen LogP contribution in [0, 0.1) is 13.8 Å². The zero-order chi connectivity index (χ0) is 18.8. The van der Waals surface area contributed by atoms with Crippen molar-refractivity contribution in [3.8, 4) is 0 Å². The number of benzene rings is 2. The summed E-state index contributed by atoms with van der Waals surface area (Å²) < 4.78 is 0. The number of nitrogens with one attached hydrogen (secondary N) is 2. The fraction of sp³-hybridized carbons (Fsp3) is 0.150. The van der Waals surface area contributed by atoms with E-state index in [0.717, 1.165) is 22.4 Å². The lowest BCUT2D eigenvalue weighted by Gasteiger charge is -2.15. The molecule has 0 unspecified atom stereocenters. The van der Waals surface area contributed by atoms with Crippen molar-refractivity contribution in [3.63, 3.8) is 0 Å².